The maximum absolute atomic E-state index is 13.5. The van der Waals surface area contributed by atoms with Gasteiger partial charge < -0.3 is 4.57 Å². The predicted octanol–water partition coefficient (Wildman–Crippen LogP) is 2.13. The molecular weight excluding hydrogens is 281 g/mol. The molecule has 0 fully saturated rings. The van der Waals surface area contributed by atoms with Crippen molar-refractivity contribution in [3.05, 3.63) is 42.0 Å². The van der Waals surface area contributed by atoms with Gasteiger partial charge in [0.15, 0.2) is 5.82 Å². The van der Waals surface area contributed by atoms with Gasteiger partial charge in [0.1, 0.15) is 18.0 Å². The van der Waals surface area contributed by atoms with Crippen LogP contribution < -0.4 is 0 Å². The molecule has 5 nitrogen and oxygen atoms in total. The maximum atomic E-state index is 13.5. The number of imidazole rings is 1. The van der Waals surface area contributed by atoms with E-state index in [2.05, 4.69) is 15.1 Å². The third-order valence-electron chi connectivity index (χ3n) is 3.05. The van der Waals surface area contributed by atoms with Crippen molar-refractivity contribution in [3.8, 4) is 0 Å². The molecule has 0 aliphatic rings. The van der Waals surface area contributed by atoms with Crippen LogP contribution in [0.15, 0.2) is 24.5 Å². The molecule has 104 valence electrons. The molecule has 0 aliphatic heterocycles. The average molecular weight is 294 g/mol. The SMILES string of the molecule is Cn1cnc(Cn2c(CCCl)nc3ccc(F)cc32)n1. The van der Waals surface area contributed by atoms with Crippen molar-refractivity contribution in [2.75, 3.05) is 5.88 Å². The summed E-state index contributed by atoms with van der Waals surface area (Å²) in [6.45, 7) is 0.451. The quantitative estimate of drug-likeness (QED) is 0.693. The molecule has 0 saturated heterocycles. The highest BCUT2D eigenvalue weighted by Crippen LogP contribution is 2.19. The Kier molecular flexibility index (Phi) is 3.40. The third-order valence-corrected chi connectivity index (χ3v) is 3.24. The smallest absolute Gasteiger partial charge is 0.170 e. The average Bonchev–Trinajstić information content (AvgIpc) is 2.96. The van der Waals surface area contributed by atoms with Crippen LogP contribution in [0.5, 0.6) is 0 Å². The highest BCUT2D eigenvalue weighted by molar-refractivity contribution is 6.17. The van der Waals surface area contributed by atoms with Gasteiger partial charge in [0.25, 0.3) is 0 Å². The molecule has 1 aromatic carbocycles. The highest BCUT2D eigenvalue weighted by atomic mass is 35.5. The van der Waals surface area contributed by atoms with Gasteiger partial charge in [-0.25, -0.2) is 14.4 Å². The first-order valence-corrected chi connectivity index (χ1v) is 6.76. The highest BCUT2D eigenvalue weighted by Gasteiger charge is 2.13. The van der Waals surface area contributed by atoms with Gasteiger partial charge in [-0.3, -0.25) is 4.68 Å². The Labute approximate surface area is 120 Å². The first-order valence-electron chi connectivity index (χ1n) is 6.22. The zero-order valence-corrected chi connectivity index (χ0v) is 11.7. The number of rotatable bonds is 4. The van der Waals surface area contributed by atoms with Crippen molar-refractivity contribution in [2.45, 2.75) is 13.0 Å². The van der Waals surface area contributed by atoms with Gasteiger partial charge in [0, 0.05) is 19.3 Å². The van der Waals surface area contributed by atoms with E-state index in [-0.39, 0.29) is 5.82 Å². The van der Waals surface area contributed by atoms with E-state index >= 15 is 0 Å². The lowest BCUT2D eigenvalue weighted by Crippen LogP contribution is -2.07. The van der Waals surface area contributed by atoms with E-state index in [0.717, 1.165) is 16.9 Å². The third kappa shape index (κ3) is 2.38. The van der Waals surface area contributed by atoms with Crippen molar-refractivity contribution < 1.29 is 4.39 Å². The molecule has 7 heteroatoms. The molecule has 3 rings (SSSR count). The molecule has 0 spiro atoms. The van der Waals surface area contributed by atoms with Gasteiger partial charge in [-0.15, -0.1) is 11.6 Å². The summed E-state index contributed by atoms with van der Waals surface area (Å²) >= 11 is 5.81. The van der Waals surface area contributed by atoms with Crippen LogP contribution in [-0.2, 0) is 20.0 Å². The molecule has 2 heterocycles. The van der Waals surface area contributed by atoms with Crippen LogP contribution in [-0.4, -0.2) is 30.2 Å². The number of hydrogen-bond donors (Lipinski definition) is 0. The number of nitrogens with zero attached hydrogens (tertiary/aromatic N) is 5. The second-order valence-electron chi connectivity index (χ2n) is 4.52. The molecule has 2 aromatic heterocycles. The van der Waals surface area contributed by atoms with E-state index in [1.54, 1.807) is 17.1 Å². The van der Waals surface area contributed by atoms with E-state index in [0.29, 0.717) is 24.7 Å². The molecule has 0 aliphatic carbocycles. The Hall–Kier alpha value is -1.95. The Morgan fingerprint density at radius 2 is 2.20 bits per heavy atom. The zero-order chi connectivity index (χ0) is 14.1. The van der Waals surface area contributed by atoms with Crippen LogP contribution in [0.4, 0.5) is 4.39 Å². The lowest BCUT2D eigenvalue weighted by atomic mass is 10.3. The zero-order valence-electron chi connectivity index (χ0n) is 10.9. The van der Waals surface area contributed by atoms with Crippen LogP contribution in [0.3, 0.4) is 0 Å². The van der Waals surface area contributed by atoms with Crippen LogP contribution in [0.25, 0.3) is 11.0 Å². The summed E-state index contributed by atoms with van der Waals surface area (Å²) in [6.07, 6.45) is 2.25. The fourth-order valence-corrected chi connectivity index (χ4v) is 2.36. The molecular formula is C13H13ClFN5. The Balaban J connectivity index is 2.09. The van der Waals surface area contributed by atoms with Crippen molar-refractivity contribution >= 4 is 22.6 Å². The van der Waals surface area contributed by atoms with E-state index in [1.165, 1.54) is 12.1 Å². The minimum atomic E-state index is -0.287. The van der Waals surface area contributed by atoms with Crippen molar-refractivity contribution in [1.82, 2.24) is 24.3 Å². The molecule has 0 bridgehead atoms. The fraction of sp³-hybridized carbons (Fsp3) is 0.308. The summed E-state index contributed by atoms with van der Waals surface area (Å²) in [7, 11) is 1.81. The normalized spacial score (nSPS) is 11.3. The molecule has 0 saturated carbocycles. The number of alkyl halides is 1. The molecule has 0 atom stereocenters. The second kappa shape index (κ2) is 5.20. The molecule has 20 heavy (non-hydrogen) atoms. The molecule has 3 aromatic rings. The van der Waals surface area contributed by atoms with E-state index in [4.69, 9.17) is 11.6 Å². The Morgan fingerprint density at radius 1 is 1.35 bits per heavy atom. The van der Waals surface area contributed by atoms with Crippen LogP contribution >= 0.6 is 11.6 Å². The lowest BCUT2D eigenvalue weighted by molar-refractivity contribution is 0.627. The minimum absolute atomic E-state index is 0.287. The topological polar surface area (TPSA) is 48.5 Å². The molecule has 0 amide bonds. The van der Waals surface area contributed by atoms with Gasteiger partial charge in [0.05, 0.1) is 17.6 Å². The first-order chi connectivity index (χ1) is 9.67. The number of halogens is 2. The standard InChI is InChI=1S/C13H13ClFN5/c1-19-8-16-12(18-19)7-20-11-6-9(15)2-3-10(11)17-13(20)4-5-14/h2-3,6,8H,4-5,7H2,1H3. The molecule has 0 N–H and O–H groups in total. The monoisotopic (exact) mass is 293 g/mol. The van der Waals surface area contributed by atoms with E-state index in [9.17, 15) is 4.39 Å². The second-order valence-corrected chi connectivity index (χ2v) is 4.90. The van der Waals surface area contributed by atoms with E-state index in [1.807, 2.05) is 11.6 Å². The number of fused-ring (bicyclic) bond motifs is 1. The number of aryl methyl sites for hydroxylation is 2. The first kappa shape index (κ1) is 13.1. The number of aromatic nitrogens is 5. The van der Waals surface area contributed by atoms with E-state index < -0.39 is 0 Å². The van der Waals surface area contributed by atoms with Gasteiger partial charge in [-0.05, 0) is 18.2 Å². The predicted molar refractivity (Wildman–Crippen MR) is 74.2 cm³/mol. The van der Waals surface area contributed by atoms with Crippen molar-refractivity contribution in [2.24, 2.45) is 7.05 Å². The largest absolute Gasteiger partial charge is 0.320 e. The lowest BCUT2D eigenvalue weighted by Gasteiger charge is -2.05. The van der Waals surface area contributed by atoms with Crippen molar-refractivity contribution in [3.63, 3.8) is 0 Å². The Bertz CT molecular complexity index is 748. The Morgan fingerprint density at radius 3 is 2.90 bits per heavy atom. The summed E-state index contributed by atoms with van der Waals surface area (Å²) in [5.41, 5.74) is 1.49. The number of hydrogen-bond acceptors (Lipinski definition) is 3. The minimum Gasteiger partial charge on any atom is -0.320 e. The van der Waals surface area contributed by atoms with Gasteiger partial charge >= 0.3 is 0 Å². The van der Waals surface area contributed by atoms with Crippen LogP contribution in [0.1, 0.15) is 11.6 Å². The number of benzene rings is 1. The summed E-state index contributed by atoms with van der Waals surface area (Å²) < 4.78 is 17.0. The van der Waals surface area contributed by atoms with Gasteiger partial charge in [-0.2, -0.15) is 5.10 Å². The molecule has 0 radical (unpaired) electrons. The van der Waals surface area contributed by atoms with Crippen LogP contribution in [0, 0.1) is 5.82 Å². The fourth-order valence-electron chi connectivity index (χ4n) is 2.20. The molecule has 0 unspecified atom stereocenters. The van der Waals surface area contributed by atoms with Gasteiger partial charge in [0.2, 0.25) is 0 Å². The van der Waals surface area contributed by atoms with Crippen LogP contribution in [0.2, 0.25) is 0 Å². The summed E-state index contributed by atoms with van der Waals surface area (Å²) in [5.74, 6) is 1.64. The van der Waals surface area contributed by atoms with Gasteiger partial charge in [-0.1, -0.05) is 0 Å². The maximum Gasteiger partial charge on any atom is 0.170 e. The summed E-state index contributed by atoms with van der Waals surface area (Å²) in [4.78, 5) is 8.69. The summed E-state index contributed by atoms with van der Waals surface area (Å²) in [5, 5.41) is 4.25. The van der Waals surface area contributed by atoms with Crippen molar-refractivity contribution in [1.29, 1.82) is 0 Å². The summed E-state index contributed by atoms with van der Waals surface area (Å²) in [6, 6.07) is 4.55.